The van der Waals surface area contributed by atoms with Crippen LogP contribution in [0.2, 0.25) is 0 Å². The highest BCUT2D eigenvalue weighted by Crippen LogP contribution is 2.39. The van der Waals surface area contributed by atoms with Crippen LogP contribution in [-0.4, -0.2) is 5.11 Å². The van der Waals surface area contributed by atoms with Gasteiger partial charge in [-0.25, -0.2) is 0 Å². The molecule has 0 bridgehead atoms. The van der Waals surface area contributed by atoms with E-state index in [-0.39, 0.29) is 6.61 Å². The normalized spacial score (nSPS) is 12.1. The van der Waals surface area contributed by atoms with Gasteiger partial charge in [0.05, 0.1) is 6.61 Å². The Kier molecular flexibility index (Phi) is 4.63. The summed E-state index contributed by atoms with van der Waals surface area (Å²) >= 11 is 0. The summed E-state index contributed by atoms with van der Waals surface area (Å²) in [4.78, 5) is 0. The predicted molar refractivity (Wildman–Crippen MR) is 102 cm³/mol. The number of benzene rings is 3. The average molecular weight is 346 g/mol. The van der Waals surface area contributed by atoms with Crippen molar-refractivity contribution in [2.24, 2.45) is 0 Å². The number of aryl methyl sites for hydroxylation is 1. The lowest BCUT2D eigenvalue weighted by atomic mass is 9.95. The molecular weight excluding hydrogens is 324 g/mol. The summed E-state index contributed by atoms with van der Waals surface area (Å²) < 4.78 is 11.9. The standard InChI is InChI=1S/C23H22O3/c1-2-16-6-8-22-21-9-7-20(12-19(21)15-26-23(22)11-16)25-14-18-5-3-4-17(10-18)13-24/h3-12,24H,2,13-15H2,1H3. The molecule has 1 N–H and O–H groups in total. The molecule has 132 valence electrons. The molecule has 3 aromatic rings. The minimum absolute atomic E-state index is 0.0448. The summed E-state index contributed by atoms with van der Waals surface area (Å²) in [5.41, 5.74) is 6.73. The first-order chi connectivity index (χ1) is 12.8. The number of ether oxygens (including phenoxy) is 2. The predicted octanol–water partition coefficient (Wildman–Crippen LogP) is 4.88. The molecule has 0 atom stereocenters. The molecule has 4 rings (SSSR count). The highest BCUT2D eigenvalue weighted by Gasteiger charge is 2.18. The summed E-state index contributed by atoms with van der Waals surface area (Å²) in [6.45, 7) is 3.23. The van der Waals surface area contributed by atoms with Crippen molar-refractivity contribution < 1.29 is 14.6 Å². The maximum Gasteiger partial charge on any atom is 0.127 e. The zero-order valence-electron chi connectivity index (χ0n) is 14.9. The van der Waals surface area contributed by atoms with Crippen LogP contribution >= 0.6 is 0 Å². The lowest BCUT2D eigenvalue weighted by Gasteiger charge is -2.22. The van der Waals surface area contributed by atoms with Crippen molar-refractivity contribution in [3.63, 3.8) is 0 Å². The summed E-state index contributed by atoms with van der Waals surface area (Å²) in [7, 11) is 0. The lowest BCUT2D eigenvalue weighted by molar-refractivity contribution is 0.280. The molecule has 0 spiro atoms. The van der Waals surface area contributed by atoms with Crippen LogP contribution < -0.4 is 9.47 Å². The van der Waals surface area contributed by atoms with E-state index in [2.05, 4.69) is 37.3 Å². The molecule has 3 nitrogen and oxygen atoms in total. The number of aliphatic hydroxyl groups excluding tert-OH is 1. The first-order valence-corrected chi connectivity index (χ1v) is 8.97. The summed E-state index contributed by atoms with van der Waals surface area (Å²) in [5, 5.41) is 9.24. The largest absolute Gasteiger partial charge is 0.489 e. The van der Waals surface area contributed by atoms with Crippen LogP contribution in [0.5, 0.6) is 11.5 Å². The fourth-order valence-electron chi connectivity index (χ4n) is 3.31. The van der Waals surface area contributed by atoms with E-state index in [0.717, 1.165) is 40.2 Å². The molecule has 0 amide bonds. The molecule has 0 saturated heterocycles. The minimum atomic E-state index is 0.0448. The number of rotatable bonds is 5. The third-order valence-corrected chi connectivity index (χ3v) is 4.78. The molecule has 0 unspecified atom stereocenters. The Balaban J connectivity index is 1.54. The molecule has 0 fully saturated rings. The van der Waals surface area contributed by atoms with Crippen LogP contribution in [0.3, 0.4) is 0 Å². The fourth-order valence-corrected chi connectivity index (χ4v) is 3.31. The van der Waals surface area contributed by atoms with E-state index >= 15 is 0 Å². The van der Waals surface area contributed by atoms with Gasteiger partial charge in [-0.3, -0.25) is 0 Å². The summed E-state index contributed by atoms with van der Waals surface area (Å²) in [5.74, 6) is 1.79. The molecule has 0 aliphatic carbocycles. The van der Waals surface area contributed by atoms with Gasteiger partial charge in [0.15, 0.2) is 0 Å². The van der Waals surface area contributed by atoms with Crippen molar-refractivity contribution in [3.8, 4) is 22.6 Å². The molecule has 0 saturated carbocycles. The first kappa shape index (κ1) is 16.7. The Morgan fingerprint density at radius 3 is 2.62 bits per heavy atom. The average Bonchev–Trinajstić information content (AvgIpc) is 2.71. The number of aliphatic hydroxyl groups is 1. The zero-order valence-corrected chi connectivity index (χ0v) is 14.9. The van der Waals surface area contributed by atoms with Gasteiger partial charge in [0, 0.05) is 11.1 Å². The van der Waals surface area contributed by atoms with Gasteiger partial charge in [-0.2, -0.15) is 0 Å². The highest BCUT2D eigenvalue weighted by molar-refractivity contribution is 5.76. The van der Waals surface area contributed by atoms with Crippen LogP contribution in [0, 0.1) is 0 Å². The molecule has 0 aromatic heterocycles. The molecular formula is C23H22O3. The first-order valence-electron chi connectivity index (χ1n) is 8.97. The van der Waals surface area contributed by atoms with Crippen molar-refractivity contribution in [1.29, 1.82) is 0 Å². The lowest BCUT2D eigenvalue weighted by Crippen LogP contribution is -2.06. The van der Waals surface area contributed by atoms with Crippen LogP contribution in [-0.2, 0) is 26.2 Å². The van der Waals surface area contributed by atoms with Gasteiger partial charge in [0.2, 0.25) is 0 Å². The summed E-state index contributed by atoms with van der Waals surface area (Å²) in [6.07, 6.45) is 1.01. The smallest absolute Gasteiger partial charge is 0.127 e. The second kappa shape index (κ2) is 7.22. The van der Waals surface area contributed by atoms with Crippen molar-refractivity contribution in [1.82, 2.24) is 0 Å². The molecule has 26 heavy (non-hydrogen) atoms. The van der Waals surface area contributed by atoms with E-state index in [0.29, 0.717) is 13.2 Å². The minimum Gasteiger partial charge on any atom is -0.489 e. The van der Waals surface area contributed by atoms with Gasteiger partial charge in [0.25, 0.3) is 0 Å². The Morgan fingerprint density at radius 1 is 0.923 bits per heavy atom. The second-order valence-corrected chi connectivity index (χ2v) is 6.56. The third-order valence-electron chi connectivity index (χ3n) is 4.78. The Morgan fingerprint density at radius 2 is 1.77 bits per heavy atom. The number of fused-ring (bicyclic) bond motifs is 3. The topological polar surface area (TPSA) is 38.7 Å². The van der Waals surface area contributed by atoms with E-state index in [1.54, 1.807) is 0 Å². The van der Waals surface area contributed by atoms with Crippen molar-refractivity contribution in [2.75, 3.05) is 0 Å². The van der Waals surface area contributed by atoms with Gasteiger partial charge < -0.3 is 14.6 Å². The van der Waals surface area contributed by atoms with Gasteiger partial charge in [-0.05, 0) is 46.9 Å². The second-order valence-electron chi connectivity index (χ2n) is 6.56. The van der Waals surface area contributed by atoms with Gasteiger partial charge >= 0.3 is 0 Å². The third kappa shape index (κ3) is 3.31. The fraction of sp³-hybridized carbons (Fsp3) is 0.217. The van der Waals surface area contributed by atoms with Gasteiger partial charge in [-0.15, -0.1) is 0 Å². The van der Waals surface area contributed by atoms with E-state index in [9.17, 15) is 5.11 Å². The van der Waals surface area contributed by atoms with Crippen molar-refractivity contribution >= 4 is 0 Å². The van der Waals surface area contributed by atoms with Crippen LogP contribution in [0.1, 0.15) is 29.2 Å². The van der Waals surface area contributed by atoms with E-state index in [4.69, 9.17) is 9.47 Å². The van der Waals surface area contributed by atoms with Crippen LogP contribution in [0.4, 0.5) is 0 Å². The molecule has 1 aliphatic rings. The highest BCUT2D eigenvalue weighted by atomic mass is 16.5. The van der Waals surface area contributed by atoms with Crippen molar-refractivity contribution in [2.45, 2.75) is 33.2 Å². The number of hydrogen-bond acceptors (Lipinski definition) is 3. The van der Waals surface area contributed by atoms with Crippen LogP contribution in [0.25, 0.3) is 11.1 Å². The quantitative estimate of drug-likeness (QED) is 0.715. The molecule has 0 radical (unpaired) electrons. The molecule has 1 aliphatic heterocycles. The van der Waals surface area contributed by atoms with E-state index < -0.39 is 0 Å². The van der Waals surface area contributed by atoms with Gasteiger partial charge in [0.1, 0.15) is 24.7 Å². The Labute approximate surface area is 153 Å². The molecule has 1 heterocycles. The maximum atomic E-state index is 9.24. The number of hydrogen-bond donors (Lipinski definition) is 1. The Bertz CT molecular complexity index is 930. The monoisotopic (exact) mass is 346 g/mol. The van der Waals surface area contributed by atoms with Gasteiger partial charge in [-0.1, -0.05) is 49.4 Å². The Hall–Kier alpha value is -2.78. The molecule has 3 aromatic carbocycles. The maximum absolute atomic E-state index is 9.24. The SMILES string of the molecule is CCc1ccc2c(c1)OCc1cc(OCc3cccc(CO)c3)ccc1-2. The van der Waals surface area contributed by atoms with Crippen LogP contribution in [0.15, 0.2) is 60.7 Å². The van der Waals surface area contributed by atoms with E-state index in [1.807, 2.05) is 30.3 Å². The summed E-state index contributed by atoms with van der Waals surface area (Å²) in [6, 6.07) is 20.4. The molecule has 3 heteroatoms. The van der Waals surface area contributed by atoms with E-state index in [1.165, 1.54) is 11.1 Å². The van der Waals surface area contributed by atoms with Crippen molar-refractivity contribution in [3.05, 3.63) is 82.9 Å². The zero-order chi connectivity index (χ0) is 17.9.